The number of hydrogen-bond donors (Lipinski definition) is 5. The molecule has 0 saturated carbocycles. The van der Waals surface area contributed by atoms with Crippen molar-refractivity contribution in [2.75, 3.05) is 59.5 Å². The Hall–Kier alpha value is -4.51. The van der Waals surface area contributed by atoms with E-state index in [2.05, 4.69) is 26.6 Å². The number of ether oxygens (including phenoxy) is 6. The number of carbonyl (C=O) groups is 7. The van der Waals surface area contributed by atoms with Crippen molar-refractivity contribution in [2.45, 2.75) is 94.9 Å². The van der Waals surface area contributed by atoms with Gasteiger partial charge in [-0.15, -0.1) is 0 Å². The quantitative estimate of drug-likeness (QED) is 0.0570. The Balaban J connectivity index is 5.39. The predicted molar refractivity (Wildman–Crippen MR) is 188 cm³/mol. The predicted octanol–water partition coefficient (Wildman–Crippen LogP) is 3.71. The standard InChI is InChI=1S/C34H61N5O13/c1-11-31(7,8)25(41)47-16-33(13-3,18-49-27(43)35-15-5)19-51-29(45)38-23-39-30(46)52-21-34(14-4,17-48-26(42)32(9,10)12-2)20-50-28(44)37-22-36-24(6)40/h11-23H2,1-10H3,(H,35,43)(H,36,40)(H,37,44)(H,38,45)(H,39,46). The molecule has 0 aromatic carbocycles. The number of amides is 5. The molecule has 0 aromatic heterocycles. The zero-order valence-electron chi connectivity index (χ0n) is 32.5. The zero-order chi connectivity index (χ0) is 40.0. The van der Waals surface area contributed by atoms with Gasteiger partial charge in [0.05, 0.1) is 35.0 Å². The van der Waals surface area contributed by atoms with Crippen LogP contribution >= 0.6 is 0 Å². The Labute approximate surface area is 306 Å². The summed E-state index contributed by atoms with van der Waals surface area (Å²) in [6, 6.07) is 0. The zero-order valence-corrected chi connectivity index (χ0v) is 32.5. The number of nitrogens with one attached hydrogen (secondary N) is 5. The number of hydrogen-bond acceptors (Lipinski definition) is 13. The molecule has 300 valence electrons. The largest absolute Gasteiger partial charge is 0.464 e. The lowest BCUT2D eigenvalue weighted by molar-refractivity contribution is -0.161. The lowest BCUT2D eigenvalue weighted by Gasteiger charge is -2.32. The smallest absolute Gasteiger partial charge is 0.408 e. The third-order valence-electron chi connectivity index (χ3n) is 8.79. The van der Waals surface area contributed by atoms with Gasteiger partial charge in [0, 0.05) is 13.5 Å². The monoisotopic (exact) mass is 747 g/mol. The van der Waals surface area contributed by atoms with Crippen LogP contribution in [0.4, 0.5) is 19.2 Å². The Morgan fingerprint density at radius 3 is 0.981 bits per heavy atom. The van der Waals surface area contributed by atoms with Gasteiger partial charge >= 0.3 is 36.3 Å². The average molecular weight is 748 g/mol. The van der Waals surface area contributed by atoms with E-state index in [-0.39, 0.29) is 58.6 Å². The van der Waals surface area contributed by atoms with Crippen molar-refractivity contribution < 1.29 is 62.0 Å². The minimum absolute atomic E-state index is 0.171. The van der Waals surface area contributed by atoms with E-state index in [1.54, 1.807) is 48.5 Å². The number of rotatable bonds is 23. The summed E-state index contributed by atoms with van der Waals surface area (Å²) >= 11 is 0. The molecule has 2 unspecified atom stereocenters. The first-order valence-electron chi connectivity index (χ1n) is 17.5. The number of carbonyl (C=O) groups excluding carboxylic acids is 7. The maximum Gasteiger partial charge on any atom is 0.408 e. The van der Waals surface area contributed by atoms with Crippen molar-refractivity contribution in [3.05, 3.63) is 0 Å². The van der Waals surface area contributed by atoms with Gasteiger partial charge in [-0.05, 0) is 60.3 Å². The molecule has 5 amide bonds. The van der Waals surface area contributed by atoms with Gasteiger partial charge in [0.1, 0.15) is 39.6 Å². The van der Waals surface area contributed by atoms with Gasteiger partial charge in [-0.25, -0.2) is 19.2 Å². The molecule has 0 saturated heterocycles. The first kappa shape index (κ1) is 47.5. The fraction of sp³-hybridized carbons (Fsp3) is 0.794. The summed E-state index contributed by atoms with van der Waals surface area (Å²) < 4.78 is 32.4. The number of alkyl carbamates (subject to hydrolysis) is 4. The molecule has 0 heterocycles. The minimum Gasteiger partial charge on any atom is -0.464 e. The third kappa shape index (κ3) is 18.1. The van der Waals surface area contributed by atoms with Crippen LogP contribution in [-0.4, -0.2) is 102 Å². The van der Waals surface area contributed by atoms with E-state index in [0.717, 1.165) is 0 Å². The van der Waals surface area contributed by atoms with E-state index < -0.39 is 64.6 Å². The topological polar surface area (TPSA) is 235 Å². The van der Waals surface area contributed by atoms with Crippen LogP contribution in [0.3, 0.4) is 0 Å². The molecule has 52 heavy (non-hydrogen) atoms. The van der Waals surface area contributed by atoms with Crippen LogP contribution in [0.15, 0.2) is 0 Å². The highest BCUT2D eigenvalue weighted by molar-refractivity contribution is 5.76. The summed E-state index contributed by atoms with van der Waals surface area (Å²) in [6.07, 6.45) is -1.79. The van der Waals surface area contributed by atoms with E-state index in [0.29, 0.717) is 25.8 Å². The highest BCUT2D eigenvalue weighted by Gasteiger charge is 2.38. The van der Waals surface area contributed by atoms with E-state index in [1.165, 1.54) is 6.92 Å². The summed E-state index contributed by atoms with van der Waals surface area (Å²) in [6.45, 7) is 15.3. The maximum atomic E-state index is 12.7. The van der Waals surface area contributed by atoms with E-state index in [1.807, 2.05) is 13.8 Å². The van der Waals surface area contributed by atoms with Crippen LogP contribution in [0.1, 0.15) is 94.9 Å². The first-order valence-corrected chi connectivity index (χ1v) is 17.5. The van der Waals surface area contributed by atoms with Crippen molar-refractivity contribution in [1.29, 1.82) is 0 Å². The van der Waals surface area contributed by atoms with Crippen LogP contribution < -0.4 is 26.6 Å². The minimum atomic E-state index is -1.14. The molecule has 0 radical (unpaired) electrons. The Kier molecular flexibility index (Phi) is 21.1. The summed E-state index contributed by atoms with van der Waals surface area (Å²) in [5.74, 6) is -1.30. The van der Waals surface area contributed by atoms with Crippen LogP contribution in [0.5, 0.6) is 0 Å². The second-order valence-corrected chi connectivity index (χ2v) is 13.8. The molecular weight excluding hydrogens is 686 g/mol. The normalized spacial score (nSPS) is 13.5. The van der Waals surface area contributed by atoms with E-state index >= 15 is 0 Å². The molecule has 0 aliphatic rings. The summed E-state index contributed by atoms with van der Waals surface area (Å²) in [5.41, 5.74) is -3.72. The molecule has 18 heteroatoms. The molecule has 18 nitrogen and oxygen atoms in total. The molecular formula is C34H61N5O13. The fourth-order valence-corrected chi connectivity index (χ4v) is 3.63. The Morgan fingerprint density at radius 2 is 0.712 bits per heavy atom. The van der Waals surface area contributed by atoms with Crippen molar-refractivity contribution >= 4 is 42.2 Å². The van der Waals surface area contributed by atoms with E-state index in [9.17, 15) is 33.6 Å². The van der Waals surface area contributed by atoms with Crippen LogP contribution in [-0.2, 0) is 42.8 Å². The van der Waals surface area contributed by atoms with Gasteiger partial charge in [-0.1, -0.05) is 27.7 Å². The molecule has 2 atom stereocenters. The molecule has 0 aliphatic carbocycles. The van der Waals surface area contributed by atoms with Gasteiger partial charge in [0.25, 0.3) is 0 Å². The Bertz CT molecular complexity index is 1200. The van der Waals surface area contributed by atoms with Gasteiger partial charge in [0.2, 0.25) is 5.91 Å². The third-order valence-corrected chi connectivity index (χ3v) is 8.79. The van der Waals surface area contributed by atoms with Gasteiger partial charge in [-0.2, -0.15) is 0 Å². The molecule has 0 rings (SSSR count). The molecule has 0 fully saturated rings. The molecule has 0 aromatic rings. The highest BCUT2D eigenvalue weighted by Crippen LogP contribution is 2.29. The molecule has 5 N–H and O–H groups in total. The molecule has 0 bridgehead atoms. The SMILES string of the molecule is CCNC(=O)OCC(CC)(COC(=O)NCNC(=O)OCC(CC)(COC(=O)NCNC(C)=O)COC(=O)C(C)(C)CC)COC(=O)C(C)(C)CC. The molecule has 0 aliphatic heterocycles. The van der Waals surface area contributed by atoms with Gasteiger partial charge in [0.15, 0.2) is 0 Å². The lowest BCUT2D eigenvalue weighted by atomic mass is 9.87. The highest BCUT2D eigenvalue weighted by atomic mass is 16.6. The summed E-state index contributed by atoms with van der Waals surface area (Å²) in [4.78, 5) is 85.8. The molecule has 0 spiro atoms. The summed E-state index contributed by atoms with van der Waals surface area (Å²) in [7, 11) is 0. The van der Waals surface area contributed by atoms with Crippen molar-refractivity contribution in [3.63, 3.8) is 0 Å². The fourth-order valence-electron chi connectivity index (χ4n) is 3.63. The average Bonchev–Trinajstić information content (AvgIpc) is 3.10. The van der Waals surface area contributed by atoms with Crippen LogP contribution in [0.25, 0.3) is 0 Å². The van der Waals surface area contributed by atoms with Crippen molar-refractivity contribution in [2.24, 2.45) is 21.7 Å². The second-order valence-electron chi connectivity index (χ2n) is 13.8. The second kappa shape index (κ2) is 23.1. The maximum absolute atomic E-state index is 12.7. The van der Waals surface area contributed by atoms with Gasteiger partial charge in [-0.3, -0.25) is 14.4 Å². The number of esters is 2. The van der Waals surface area contributed by atoms with Crippen molar-refractivity contribution in [3.8, 4) is 0 Å². The van der Waals surface area contributed by atoms with E-state index in [4.69, 9.17) is 28.4 Å². The summed E-state index contributed by atoms with van der Waals surface area (Å²) in [5, 5.41) is 12.0. The Morgan fingerprint density at radius 1 is 0.423 bits per heavy atom. The first-order chi connectivity index (χ1) is 24.3. The van der Waals surface area contributed by atoms with Crippen LogP contribution in [0, 0.1) is 21.7 Å². The lowest BCUT2D eigenvalue weighted by Crippen LogP contribution is -2.45. The van der Waals surface area contributed by atoms with Crippen LogP contribution in [0.2, 0.25) is 0 Å². The van der Waals surface area contributed by atoms with Gasteiger partial charge < -0.3 is 55.0 Å². The van der Waals surface area contributed by atoms with Crippen molar-refractivity contribution in [1.82, 2.24) is 26.6 Å².